The van der Waals surface area contributed by atoms with E-state index < -0.39 is 0 Å². The lowest BCUT2D eigenvalue weighted by Gasteiger charge is -2.28. The second kappa shape index (κ2) is 5.58. The van der Waals surface area contributed by atoms with Gasteiger partial charge in [0, 0.05) is 18.5 Å². The number of anilines is 1. The topological polar surface area (TPSA) is 29.5 Å². The predicted octanol–water partition coefficient (Wildman–Crippen LogP) is 4.69. The highest BCUT2D eigenvalue weighted by Crippen LogP contribution is 2.43. The Kier molecular flexibility index (Phi) is 3.79. The zero-order chi connectivity index (χ0) is 15.0. The average Bonchev–Trinajstić information content (AvgIpc) is 2.41. The molecule has 3 nitrogen and oxygen atoms in total. The molecule has 3 rings (SSSR count). The van der Waals surface area contributed by atoms with Crippen LogP contribution < -0.4 is 9.64 Å². The van der Waals surface area contributed by atoms with Gasteiger partial charge >= 0.3 is 0 Å². The van der Waals surface area contributed by atoms with Crippen LogP contribution in [0.5, 0.6) is 11.5 Å². The number of halogens is 2. The van der Waals surface area contributed by atoms with Crippen LogP contribution in [0.15, 0.2) is 36.4 Å². The molecule has 0 saturated carbocycles. The summed E-state index contributed by atoms with van der Waals surface area (Å²) in [6, 6.07) is 11.1. The van der Waals surface area contributed by atoms with Gasteiger partial charge in [0.05, 0.1) is 10.7 Å². The molecule has 0 radical (unpaired) electrons. The monoisotopic (exact) mass is 321 g/mol. The van der Waals surface area contributed by atoms with Crippen molar-refractivity contribution < 1.29 is 9.53 Å². The molecule has 1 aliphatic heterocycles. The third kappa shape index (κ3) is 2.71. The quantitative estimate of drug-likeness (QED) is 0.704. The number of hydrogen-bond donors (Lipinski definition) is 0. The van der Waals surface area contributed by atoms with Gasteiger partial charge in [-0.15, -0.1) is 0 Å². The number of nitrogens with zero attached hydrogens (tertiary/aromatic N) is 1. The summed E-state index contributed by atoms with van der Waals surface area (Å²) in [6.45, 7) is 2.07. The fourth-order valence-corrected chi connectivity index (χ4v) is 2.97. The van der Waals surface area contributed by atoms with E-state index in [0.717, 1.165) is 11.3 Å². The minimum atomic E-state index is -0.0717. The summed E-state index contributed by atoms with van der Waals surface area (Å²) < 4.78 is 5.96. The molecule has 1 heterocycles. The van der Waals surface area contributed by atoms with Gasteiger partial charge in [-0.3, -0.25) is 4.79 Å². The summed E-state index contributed by atoms with van der Waals surface area (Å²) in [6.07, 6.45) is 0.708. The van der Waals surface area contributed by atoms with E-state index >= 15 is 0 Å². The van der Waals surface area contributed by atoms with Crippen molar-refractivity contribution in [2.24, 2.45) is 0 Å². The number of amides is 1. The molecule has 0 saturated heterocycles. The zero-order valence-corrected chi connectivity index (χ0v) is 12.9. The molecule has 0 spiro atoms. The molecule has 1 amide bonds. The molecular weight excluding hydrogens is 309 g/mol. The molecule has 0 bridgehead atoms. The SMILES string of the molecule is CC(=O)N1CCc2ccccc2Oc2c(Cl)cc(Cl)cc21. The fraction of sp³-hybridized carbons (Fsp3) is 0.188. The molecule has 2 aromatic carbocycles. The molecular formula is C16H13Cl2NO2. The normalized spacial score (nSPS) is 13.6. The number of carbonyl (C=O) groups excluding carboxylic acids is 1. The van der Waals surface area contributed by atoms with Crippen molar-refractivity contribution >= 4 is 34.8 Å². The van der Waals surface area contributed by atoms with Crippen LogP contribution >= 0.6 is 23.2 Å². The molecule has 2 aromatic rings. The van der Waals surface area contributed by atoms with Crippen LogP contribution in [-0.2, 0) is 11.2 Å². The Hall–Kier alpha value is -1.71. The van der Waals surface area contributed by atoms with Crippen LogP contribution in [-0.4, -0.2) is 12.5 Å². The highest BCUT2D eigenvalue weighted by molar-refractivity contribution is 6.36. The van der Waals surface area contributed by atoms with Gasteiger partial charge in [-0.2, -0.15) is 0 Å². The van der Waals surface area contributed by atoms with E-state index in [-0.39, 0.29) is 5.91 Å². The smallest absolute Gasteiger partial charge is 0.223 e. The second-order valence-electron chi connectivity index (χ2n) is 4.87. The molecule has 0 atom stereocenters. The van der Waals surface area contributed by atoms with Gasteiger partial charge < -0.3 is 9.64 Å². The van der Waals surface area contributed by atoms with E-state index in [1.165, 1.54) is 6.92 Å². The lowest BCUT2D eigenvalue weighted by atomic mass is 10.1. The highest BCUT2D eigenvalue weighted by atomic mass is 35.5. The molecule has 0 N–H and O–H groups in total. The van der Waals surface area contributed by atoms with Crippen LogP contribution in [0.4, 0.5) is 5.69 Å². The van der Waals surface area contributed by atoms with Gasteiger partial charge in [-0.05, 0) is 30.2 Å². The largest absolute Gasteiger partial charge is 0.453 e. The predicted molar refractivity (Wildman–Crippen MR) is 84.7 cm³/mol. The molecule has 5 heteroatoms. The van der Waals surface area contributed by atoms with Gasteiger partial charge in [-0.1, -0.05) is 41.4 Å². The third-order valence-corrected chi connectivity index (χ3v) is 3.95. The summed E-state index contributed by atoms with van der Waals surface area (Å²) >= 11 is 12.3. The number of para-hydroxylation sites is 1. The van der Waals surface area contributed by atoms with E-state index in [0.29, 0.717) is 34.4 Å². The first-order valence-electron chi connectivity index (χ1n) is 6.59. The van der Waals surface area contributed by atoms with Gasteiger partial charge in [0.25, 0.3) is 0 Å². The number of benzene rings is 2. The molecule has 0 aromatic heterocycles. The first kappa shape index (κ1) is 14.2. The van der Waals surface area contributed by atoms with Gasteiger partial charge in [-0.25, -0.2) is 0 Å². The number of rotatable bonds is 0. The summed E-state index contributed by atoms with van der Waals surface area (Å²) in [5.41, 5.74) is 1.65. The summed E-state index contributed by atoms with van der Waals surface area (Å²) in [4.78, 5) is 13.6. The van der Waals surface area contributed by atoms with Crippen LogP contribution in [0.2, 0.25) is 10.0 Å². The lowest BCUT2D eigenvalue weighted by Crippen LogP contribution is -2.32. The minimum absolute atomic E-state index is 0.0717. The maximum absolute atomic E-state index is 11.9. The van der Waals surface area contributed by atoms with Crippen LogP contribution in [0.1, 0.15) is 12.5 Å². The second-order valence-corrected chi connectivity index (χ2v) is 5.71. The third-order valence-electron chi connectivity index (χ3n) is 3.45. The van der Waals surface area contributed by atoms with Crippen molar-refractivity contribution in [3.05, 3.63) is 52.0 Å². The zero-order valence-electron chi connectivity index (χ0n) is 11.4. The van der Waals surface area contributed by atoms with E-state index in [4.69, 9.17) is 27.9 Å². The number of carbonyl (C=O) groups is 1. The number of fused-ring (bicyclic) bond motifs is 2. The maximum atomic E-state index is 11.9. The molecule has 0 aliphatic carbocycles. The summed E-state index contributed by atoms with van der Waals surface area (Å²) in [7, 11) is 0. The van der Waals surface area contributed by atoms with Crippen molar-refractivity contribution in [3.63, 3.8) is 0 Å². The number of hydrogen-bond acceptors (Lipinski definition) is 2. The Labute approximate surface area is 133 Å². The standard InChI is InChI=1S/C16H13Cl2NO2/c1-10(20)19-7-6-11-4-2-3-5-15(11)21-16-13(18)8-12(17)9-14(16)19/h2-5,8-9H,6-7H2,1H3. The van der Waals surface area contributed by atoms with Crippen LogP contribution in [0.3, 0.4) is 0 Å². The van der Waals surface area contributed by atoms with Crippen LogP contribution in [0, 0.1) is 0 Å². The Morgan fingerprint density at radius 2 is 2.00 bits per heavy atom. The van der Waals surface area contributed by atoms with Crippen molar-refractivity contribution in [1.82, 2.24) is 0 Å². The minimum Gasteiger partial charge on any atom is -0.453 e. The molecule has 1 aliphatic rings. The lowest BCUT2D eigenvalue weighted by molar-refractivity contribution is -0.116. The Balaban J connectivity index is 2.19. The summed E-state index contributed by atoms with van der Waals surface area (Å²) in [5, 5.41) is 0.864. The molecule has 21 heavy (non-hydrogen) atoms. The maximum Gasteiger partial charge on any atom is 0.223 e. The Morgan fingerprint density at radius 1 is 1.24 bits per heavy atom. The molecule has 108 valence electrons. The van der Waals surface area contributed by atoms with E-state index in [9.17, 15) is 4.79 Å². The van der Waals surface area contributed by atoms with Crippen molar-refractivity contribution in [1.29, 1.82) is 0 Å². The van der Waals surface area contributed by atoms with Gasteiger partial charge in [0.15, 0.2) is 5.75 Å². The highest BCUT2D eigenvalue weighted by Gasteiger charge is 2.23. The van der Waals surface area contributed by atoms with Crippen molar-refractivity contribution in [2.75, 3.05) is 11.4 Å². The summed E-state index contributed by atoms with van der Waals surface area (Å²) in [5.74, 6) is 1.15. The van der Waals surface area contributed by atoms with E-state index in [1.54, 1.807) is 17.0 Å². The van der Waals surface area contributed by atoms with Crippen molar-refractivity contribution in [2.45, 2.75) is 13.3 Å². The Morgan fingerprint density at radius 3 is 2.76 bits per heavy atom. The van der Waals surface area contributed by atoms with Gasteiger partial charge in [0.1, 0.15) is 5.75 Å². The average molecular weight is 322 g/mol. The van der Waals surface area contributed by atoms with Crippen LogP contribution in [0.25, 0.3) is 0 Å². The van der Waals surface area contributed by atoms with E-state index in [2.05, 4.69) is 0 Å². The van der Waals surface area contributed by atoms with Crippen molar-refractivity contribution in [3.8, 4) is 11.5 Å². The molecule has 0 unspecified atom stereocenters. The number of ether oxygens (including phenoxy) is 1. The first-order chi connectivity index (χ1) is 10.1. The van der Waals surface area contributed by atoms with E-state index in [1.807, 2.05) is 24.3 Å². The fourth-order valence-electron chi connectivity index (χ4n) is 2.45. The Bertz CT molecular complexity index is 715. The van der Waals surface area contributed by atoms with Gasteiger partial charge in [0.2, 0.25) is 5.91 Å². The molecule has 0 fully saturated rings. The first-order valence-corrected chi connectivity index (χ1v) is 7.35.